The van der Waals surface area contributed by atoms with Crippen LogP contribution in [0.15, 0.2) is 18.3 Å². The van der Waals surface area contributed by atoms with E-state index >= 15 is 0 Å². The normalized spacial score (nSPS) is 14.2. The Labute approximate surface area is 122 Å². The molecule has 0 aliphatic carbocycles. The van der Waals surface area contributed by atoms with E-state index in [0.717, 1.165) is 21.6 Å². The van der Waals surface area contributed by atoms with Gasteiger partial charge in [0, 0.05) is 23.3 Å². The summed E-state index contributed by atoms with van der Waals surface area (Å²) in [4.78, 5) is 4.46. The van der Waals surface area contributed by atoms with Crippen LogP contribution in [0.1, 0.15) is 22.6 Å². The van der Waals surface area contributed by atoms with Gasteiger partial charge in [0.1, 0.15) is 10.1 Å². The van der Waals surface area contributed by atoms with Crippen LogP contribution in [0.5, 0.6) is 0 Å². The molecule has 0 bridgehead atoms. The number of thioether (sulfide) groups is 1. The molecular weight excluding hydrogens is 274 g/mol. The van der Waals surface area contributed by atoms with E-state index in [0.29, 0.717) is 0 Å². The standard InChI is InChI=1S/C14H15N3S2/c1-8-4-12(17-6-9(2)15-10(17)3)5-11-7-19-14(18)16-13(8)11/h4-6H,7H2,1-3H3,(H,16,18). The van der Waals surface area contributed by atoms with Crippen LogP contribution >= 0.6 is 24.0 Å². The predicted octanol–water partition coefficient (Wildman–Crippen LogP) is 3.74. The first-order chi connectivity index (χ1) is 9.04. The molecule has 2 heterocycles. The van der Waals surface area contributed by atoms with Crippen LogP contribution in [-0.2, 0) is 5.75 Å². The molecule has 1 aliphatic rings. The molecule has 0 radical (unpaired) electrons. The second-order valence-corrected chi connectivity index (χ2v) is 6.45. The number of hydrogen-bond acceptors (Lipinski definition) is 3. The number of aryl methyl sites for hydroxylation is 3. The zero-order chi connectivity index (χ0) is 13.6. The topological polar surface area (TPSA) is 29.9 Å². The maximum Gasteiger partial charge on any atom is 0.138 e. The molecule has 19 heavy (non-hydrogen) atoms. The summed E-state index contributed by atoms with van der Waals surface area (Å²) >= 11 is 6.91. The smallest absolute Gasteiger partial charge is 0.138 e. The zero-order valence-electron chi connectivity index (χ0n) is 11.2. The number of rotatable bonds is 1. The summed E-state index contributed by atoms with van der Waals surface area (Å²) in [5.41, 5.74) is 5.91. The molecule has 98 valence electrons. The van der Waals surface area contributed by atoms with Gasteiger partial charge in [0.15, 0.2) is 0 Å². The molecule has 1 aromatic heterocycles. The minimum absolute atomic E-state index is 0.859. The first kappa shape index (κ1) is 12.7. The molecule has 0 saturated carbocycles. The Bertz CT molecular complexity index is 674. The molecule has 1 aromatic carbocycles. The van der Waals surface area contributed by atoms with E-state index in [9.17, 15) is 0 Å². The number of thiocarbonyl (C=S) groups is 1. The molecule has 3 nitrogen and oxygen atoms in total. The quantitative estimate of drug-likeness (QED) is 0.810. The molecule has 0 fully saturated rings. The van der Waals surface area contributed by atoms with Crippen LogP contribution in [0.3, 0.4) is 0 Å². The minimum Gasteiger partial charge on any atom is -0.341 e. The first-order valence-electron chi connectivity index (χ1n) is 6.15. The highest BCUT2D eigenvalue weighted by Crippen LogP contribution is 2.33. The van der Waals surface area contributed by atoms with Crippen molar-refractivity contribution in [1.82, 2.24) is 9.55 Å². The maximum absolute atomic E-state index is 5.23. The Morgan fingerprint density at radius 2 is 2.11 bits per heavy atom. The summed E-state index contributed by atoms with van der Waals surface area (Å²) in [5.74, 6) is 1.95. The lowest BCUT2D eigenvalue weighted by atomic mass is 10.1. The van der Waals surface area contributed by atoms with Crippen molar-refractivity contribution in [2.75, 3.05) is 5.32 Å². The van der Waals surface area contributed by atoms with Crippen LogP contribution < -0.4 is 5.32 Å². The summed E-state index contributed by atoms with van der Waals surface area (Å²) in [6, 6.07) is 4.40. The first-order valence-corrected chi connectivity index (χ1v) is 7.54. The summed E-state index contributed by atoms with van der Waals surface area (Å²) in [5, 5.41) is 3.30. The number of aromatic nitrogens is 2. The van der Waals surface area contributed by atoms with Gasteiger partial charge in [-0.1, -0.05) is 24.0 Å². The molecular formula is C14H15N3S2. The zero-order valence-corrected chi connectivity index (χ0v) is 12.8. The Morgan fingerprint density at radius 3 is 2.79 bits per heavy atom. The van der Waals surface area contributed by atoms with E-state index in [2.05, 4.69) is 40.1 Å². The number of benzene rings is 1. The fourth-order valence-electron chi connectivity index (χ4n) is 2.43. The Morgan fingerprint density at radius 1 is 1.32 bits per heavy atom. The molecule has 0 atom stereocenters. The lowest BCUT2D eigenvalue weighted by Crippen LogP contribution is -2.14. The summed E-state index contributed by atoms with van der Waals surface area (Å²) in [6.45, 7) is 6.17. The maximum atomic E-state index is 5.23. The monoisotopic (exact) mass is 289 g/mol. The Balaban J connectivity index is 2.12. The van der Waals surface area contributed by atoms with Gasteiger partial charge in [-0.2, -0.15) is 0 Å². The molecule has 2 aromatic rings. The van der Waals surface area contributed by atoms with E-state index in [1.165, 1.54) is 22.5 Å². The molecule has 5 heteroatoms. The SMILES string of the molecule is Cc1cn(-c2cc(C)c3c(c2)CSC(=S)N3)c(C)n1. The van der Waals surface area contributed by atoms with Gasteiger partial charge in [-0.15, -0.1) is 0 Å². The molecule has 1 N–H and O–H groups in total. The minimum atomic E-state index is 0.859. The average Bonchev–Trinajstić information content (AvgIpc) is 2.69. The molecule has 0 saturated heterocycles. The van der Waals surface area contributed by atoms with Crippen LogP contribution in [0.2, 0.25) is 0 Å². The number of anilines is 1. The number of nitrogens with zero attached hydrogens (tertiary/aromatic N) is 2. The number of fused-ring (bicyclic) bond motifs is 1. The number of nitrogens with one attached hydrogen (secondary N) is 1. The molecule has 0 unspecified atom stereocenters. The fraction of sp³-hybridized carbons (Fsp3) is 0.286. The van der Waals surface area contributed by atoms with E-state index < -0.39 is 0 Å². The van der Waals surface area contributed by atoms with Gasteiger partial charge in [0.2, 0.25) is 0 Å². The summed E-state index contributed by atoms with van der Waals surface area (Å²) < 4.78 is 3.00. The van der Waals surface area contributed by atoms with Gasteiger partial charge in [-0.05, 0) is 44.0 Å². The van der Waals surface area contributed by atoms with Gasteiger partial charge < -0.3 is 9.88 Å². The van der Waals surface area contributed by atoms with Crippen molar-refractivity contribution < 1.29 is 0 Å². The third-order valence-electron chi connectivity index (χ3n) is 3.27. The molecule has 0 spiro atoms. The lowest BCUT2D eigenvalue weighted by molar-refractivity contribution is 0.970. The summed E-state index contributed by atoms with van der Waals surface area (Å²) in [6.07, 6.45) is 2.07. The van der Waals surface area contributed by atoms with Crippen molar-refractivity contribution in [3.05, 3.63) is 41.0 Å². The van der Waals surface area contributed by atoms with Crippen molar-refractivity contribution >= 4 is 34.0 Å². The van der Waals surface area contributed by atoms with Crippen LogP contribution in [0, 0.1) is 20.8 Å². The van der Waals surface area contributed by atoms with Crippen LogP contribution in [0.4, 0.5) is 5.69 Å². The predicted molar refractivity (Wildman–Crippen MR) is 85.3 cm³/mol. The summed E-state index contributed by atoms with van der Waals surface area (Å²) in [7, 11) is 0. The second kappa shape index (κ2) is 4.65. The number of imidazole rings is 1. The van der Waals surface area contributed by atoms with Gasteiger partial charge in [0.05, 0.1) is 5.69 Å². The van der Waals surface area contributed by atoms with Crippen molar-refractivity contribution in [2.24, 2.45) is 0 Å². The Hall–Kier alpha value is -1.33. The van der Waals surface area contributed by atoms with E-state index in [-0.39, 0.29) is 0 Å². The highest BCUT2D eigenvalue weighted by atomic mass is 32.2. The molecule has 3 rings (SSSR count). The van der Waals surface area contributed by atoms with Gasteiger partial charge >= 0.3 is 0 Å². The van der Waals surface area contributed by atoms with Crippen LogP contribution in [-0.4, -0.2) is 13.9 Å². The highest BCUT2D eigenvalue weighted by Gasteiger charge is 2.16. The highest BCUT2D eigenvalue weighted by molar-refractivity contribution is 8.22. The average molecular weight is 289 g/mol. The van der Waals surface area contributed by atoms with E-state index in [1.54, 1.807) is 11.8 Å². The lowest BCUT2D eigenvalue weighted by Gasteiger charge is -2.21. The van der Waals surface area contributed by atoms with Crippen molar-refractivity contribution in [3.8, 4) is 5.69 Å². The van der Waals surface area contributed by atoms with Gasteiger partial charge in [-0.3, -0.25) is 0 Å². The fourth-order valence-corrected chi connectivity index (χ4v) is 3.40. The van der Waals surface area contributed by atoms with Crippen molar-refractivity contribution in [3.63, 3.8) is 0 Å². The largest absolute Gasteiger partial charge is 0.341 e. The van der Waals surface area contributed by atoms with E-state index in [1.807, 2.05) is 13.8 Å². The van der Waals surface area contributed by atoms with Gasteiger partial charge in [-0.25, -0.2) is 4.98 Å². The van der Waals surface area contributed by atoms with Crippen LogP contribution in [0.25, 0.3) is 5.69 Å². The third kappa shape index (κ3) is 2.28. The van der Waals surface area contributed by atoms with Gasteiger partial charge in [0.25, 0.3) is 0 Å². The Kier molecular flexibility index (Phi) is 3.11. The van der Waals surface area contributed by atoms with Crippen molar-refractivity contribution in [1.29, 1.82) is 0 Å². The molecule has 1 aliphatic heterocycles. The van der Waals surface area contributed by atoms with E-state index in [4.69, 9.17) is 12.2 Å². The third-order valence-corrected chi connectivity index (χ3v) is 4.54. The second-order valence-electron chi connectivity index (χ2n) is 4.80. The molecule has 0 amide bonds. The number of hydrogen-bond donors (Lipinski definition) is 1. The van der Waals surface area contributed by atoms with Crippen molar-refractivity contribution in [2.45, 2.75) is 26.5 Å².